The molecule has 0 spiro atoms. The normalized spacial score (nSPS) is 11.2. The number of benzene rings is 1. The van der Waals surface area contributed by atoms with Gasteiger partial charge in [0.1, 0.15) is 24.8 Å². The Hall–Kier alpha value is -3.16. The van der Waals surface area contributed by atoms with Crippen molar-refractivity contribution >= 4 is 22.9 Å². The Kier molecular flexibility index (Phi) is 3.57. The molecule has 0 aliphatic rings. The fourth-order valence-electron chi connectivity index (χ4n) is 1.96. The van der Waals surface area contributed by atoms with Crippen molar-refractivity contribution in [1.82, 2.24) is 15.0 Å². The number of nitrogen functional groups attached to an aromatic ring is 1. The molecule has 3 N–H and O–H groups in total. The van der Waals surface area contributed by atoms with E-state index in [0.29, 0.717) is 16.5 Å². The van der Waals surface area contributed by atoms with Crippen LogP contribution in [-0.4, -0.2) is 28.3 Å². The highest BCUT2D eigenvalue weighted by Gasteiger charge is 2.14. The van der Waals surface area contributed by atoms with Crippen LogP contribution in [0.1, 0.15) is 5.56 Å². The summed E-state index contributed by atoms with van der Waals surface area (Å²) in [5.41, 5.74) is 6.73. The lowest BCUT2D eigenvalue weighted by molar-refractivity contribution is 0.215. The number of nitrogens with two attached hydrogens (primary N) is 1. The molecule has 0 aliphatic heterocycles. The lowest BCUT2D eigenvalue weighted by Crippen LogP contribution is -2.03. The Morgan fingerprint density at radius 1 is 1.32 bits per heavy atom. The largest absolute Gasteiger partial charge is 0.435 e. The van der Waals surface area contributed by atoms with E-state index in [-0.39, 0.29) is 17.4 Å². The lowest BCUT2D eigenvalue weighted by Gasteiger charge is -2.09. The summed E-state index contributed by atoms with van der Waals surface area (Å²) in [6, 6.07) is 4.84. The van der Waals surface area contributed by atoms with Gasteiger partial charge in [-0.25, -0.2) is 14.4 Å². The number of ether oxygens (including phenoxy) is 1. The van der Waals surface area contributed by atoms with Gasteiger partial charge in [-0.05, 0) is 18.2 Å². The van der Waals surface area contributed by atoms with E-state index in [2.05, 4.69) is 24.9 Å². The monoisotopic (exact) mass is 301 g/mol. The van der Waals surface area contributed by atoms with Crippen LogP contribution in [0.25, 0.3) is 10.9 Å². The zero-order valence-corrected chi connectivity index (χ0v) is 11.6. The van der Waals surface area contributed by atoms with Crippen LogP contribution in [0.4, 0.5) is 10.2 Å². The quantitative estimate of drug-likeness (QED) is 0.569. The fourth-order valence-corrected chi connectivity index (χ4v) is 1.96. The van der Waals surface area contributed by atoms with Gasteiger partial charge in [-0.3, -0.25) is 0 Å². The minimum absolute atomic E-state index is 0.0252. The molecule has 2 heterocycles. The molecular formula is C14H12FN5O2. The van der Waals surface area contributed by atoms with E-state index in [9.17, 15) is 4.39 Å². The van der Waals surface area contributed by atoms with Crippen LogP contribution in [0.5, 0.6) is 11.6 Å². The van der Waals surface area contributed by atoms with Crippen LogP contribution in [0.15, 0.2) is 35.9 Å². The van der Waals surface area contributed by atoms with Crippen molar-refractivity contribution in [3.8, 4) is 11.6 Å². The molecule has 8 heteroatoms. The number of nitrogens with one attached hydrogen (secondary N) is 1. The minimum Gasteiger partial charge on any atom is -0.435 e. The number of fused-ring (bicyclic) bond motifs is 1. The number of hydrogen-bond donors (Lipinski definition) is 2. The Morgan fingerprint density at radius 2 is 2.18 bits per heavy atom. The maximum atomic E-state index is 14.4. The van der Waals surface area contributed by atoms with Crippen molar-refractivity contribution in [3.63, 3.8) is 0 Å². The minimum atomic E-state index is -0.495. The van der Waals surface area contributed by atoms with Crippen LogP contribution >= 0.6 is 0 Å². The van der Waals surface area contributed by atoms with Gasteiger partial charge in [0, 0.05) is 17.1 Å². The van der Waals surface area contributed by atoms with E-state index in [0.717, 1.165) is 0 Å². The summed E-state index contributed by atoms with van der Waals surface area (Å²) in [5, 5.41) is 4.03. The third kappa shape index (κ3) is 2.41. The number of nitrogens with zero attached hydrogens (tertiary/aromatic N) is 3. The van der Waals surface area contributed by atoms with Gasteiger partial charge >= 0.3 is 0 Å². The molecule has 112 valence electrons. The van der Waals surface area contributed by atoms with Crippen LogP contribution in [-0.2, 0) is 4.84 Å². The van der Waals surface area contributed by atoms with Gasteiger partial charge in [-0.1, -0.05) is 5.16 Å². The van der Waals surface area contributed by atoms with Crippen LogP contribution in [0.2, 0.25) is 0 Å². The van der Waals surface area contributed by atoms with Gasteiger partial charge in [0.05, 0.1) is 6.21 Å². The van der Waals surface area contributed by atoms with Crippen LogP contribution in [0, 0.1) is 5.82 Å². The fraction of sp³-hybridized carbons (Fsp3) is 0.0714. The summed E-state index contributed by atoms with van der Waals surface area (Å²) in [6.45, 7) is 0. The summed E-state index contributed by atoms with van der Waals surface area (Å²) in [5.74, 6) is -0.237. The van der Waals surface area contributed by atoms with E-state index in [1.807, 2.05) is 0 Å². The molecule has 2 aromatic heterocycles. The molecule has 0 radical (unpaired) electrons. The number of halogens is 1. The summed E-state index contributed by atoms with van der Waals surface area (Å²) < 4.78 is 19.9. The maximum absolute atomic E-state index is 14.4. The summed E-state index contributed by atoms with van der Waals surface area (Å²) in [4.78, 5) is 15.3. The van der Waals surface area contributed by atoms with Crippen molar-refractivity contribution in [3.05, 3.63) is 42.1 Å². The Balaban J connectivity index is 2.03. The number of aromatic amines is 1. The molecule has 22 heavy (non-hydrogen) atoms. The van der Waals surface area contributed by atoms with Crippen molar-refractivity contribution in [2.75, 3.05) is 12.8 Å². The average Bonchev–Trinajstić information content (AvgIpc) is 2.99. The number of aromatic nitrogens is 3. The molecule has 0 unspecified atom stereocenters. The third-order valence-corrected chi connectivity index (χ3v) is 3.01. The summed E-state index contributed by atoms with van der Waals surface area (Å²) >= 11 is 0. The molecule has 3 aromatic rings. The molecule has 0 fully saturated rings. The standard InChI is InChI=1S/C14H12FN5O2/c1-21-20-6-9-13(16)18-7-19-14(9)22-11-3-2-10-8(12(11)15)4-5-17-10/h2-7,17H,1H3,(H2,16,18,19)/b20-6+. The predicted molar refractivity (Wildman–Crippen MR) is 79.4 cm³/mol. The first-order valence-corrected chi connectivity index (χ1v) is 6.31. The first-order chi connectivity index (χ1) is 10.7. The molecular weight excluding hydrogens is 289 g/mol. The zero-order valence-electron chi connectivity index (χ0n) is 11.6. The van der Waals surface area contributed by atoms with Crippen molar-refractivity contribution < 1.29 is 14.0 Å². The van der Waals surface area contributed by atoms with Gasteiger partial charge in [0.15, 0.2) is 11.6 Å². The molecule has 3 rings (SSSR count). The van der Waals surface area contributed by atoms with Gasteiger partial charge in [-0.15, -0.1) is 0 Å². The first-order valence-electron chi connectivity index (χ1n) is 6.31. The lowest BCUT2D eigenvalue weighted by atomic mass is 10.2. The summed E-state index contributed by atoms with van der Waals surface area (Å²) in [7, 11) is 1.39. The second-order valence-electron chi connectivity index (χ2n) is 4.31. The number of hydrogen-bond acceptors (Lipinski definition) is 6. The Morgan fingerprint density at radius 3 is 3.00 bits per heavy atom. The van der Waals surface area contributed by atoms with E-state index in [1.165, 1.54) is 25.7 Å². The maximum Gasteiger partial charge on any atom is 0.233 e. The zero-order chi connectivity index (χ0) is 15.5. The number of anilines is 1. The summed E-state index contributed by atoms with van der Waals surface area (Å²) in [6.07, 6.45) is 4.18. The topological polar surface area (TPSA) is 98.4 Å². The second-order valence-corrected chi connectivity index (χ2v) is 4.31. The molecule has 0 saturated heterocycles. The van der Waals surface area contributed by atoms with E-state index < -0.39 is 5.82 Å². The SMILES string of the molecule is CO/N=C/c1c(N)ncnc1Oc1ccc2[nH]ccc2c1F. The first kappa shape index (κ1) is 13.8. The Labute approximate surface area is 124 Å². The molecule has 0 atom stereocenters. The highest BCUT2D eigenvalue weighted by molar-refractivity contribution is 5.88. The van der Waals surface area contributed by atoms with Gasteiger partial charge in [0.2, 0.25) is 5.88 Å². The smallest absolute Gasteiger partial charge is 0.233 e. The van der Waals surface area contributed by atoms with Crippen molar-refractivity contribution in [2.24, 2.45) is 5.16 Å². The number of rotatable bonds is 4. The van der Waals surface area contributed by atoms with Crippen LogP contribution < -0.4 is 10.5 Å². The molecule has 0 aliphatic carbocycles. The van der Waals surface area contributed by atoms with E-state index in [1.54, 1.807) is 18.3 Å². The molecule has 0 saturated carbocycles. The van der Waals surface area contributed by atoms with E-state index in [4.69, 9.17) is 10.5 Å². The number of H-pyrrole nitrogens is 1. The molecule has 7 nitrogen and oxygen atoms in total. The van der Waals surface area contributed by atoms with Gasteiger partial charge in [0.25, 0.3) is 0 Å². The molecule has 0 bridgehead atoms. The Bertz CT molecular complexity index is 846. The number of oxime groups is 1. The molecule has 1 aromatic carbocycles. The third-order valence-electron chi connectivity index (χ3n) is 3.01. The predicted octanol–water partition coefficient (Wildman–Crippen LogP) is 2.45. The van der Waals surface area contributed by atoms with Crippen molar-refractivity contribution in [2.45, 2.75) is 0 Å². The second kappa shape index (κ2) is 5.68. The highest BCUT2D eigenvalue weighted by Crippen LogP contribution is 2.30. The highest BCUT2D eigenvalue weighted by atomic mass is 19.1. The van der Waals surface area contributed by atoms with Gasteiger partial charge in [-0.2, -0.15) is 0 Å². The van der Waals surface area contributed by atoms with Crippen molar-refractivity contribution in [1.29, 1.82) is 0 Å². The molecule has 0 amide bonds. The van der Waals surface area contributed by atoms with E-state index >= 15 is 0 Å². The van der Waals surface area contributed by atoms with Gasteiger partial charge < -0.3 is 20.3 Å². The average molecular weight is 301 g/mol. The van der Waals surface area contributed by atoms with Crippen LogP contribution in [0.3, 0.4) is 0 Å².